The van der Waals surface area contributed by atoms with Gasteiger partial charge in [-0.3, -0.25) is 4.79 Å². The monoisotopic (exact) mass is 262 g/mol. The molecule has 0 unspecified atom stereocenters. The summed E-state index contributed by atoms with van der Waals surface area (Å²) in [4.78, 5) is 24.3. The van der Waals surface area contributed by atoms with E-state index in [-0.39, 0.29) is 18.0 Å². The number of hydrogen-bond donors (Lipinski definition) is 1. The molecule has 0 atom stereocenters. The Bertz CT molecular complexity index is 635. The van der Waals surface area contributed by atoms with Crippen LogP contribution >= 0.6 is 0 Å². The van der Waals surface area contributed by atoms with E-state index in [1.165, 1.54) is 16.8 Å². The molecule has 0 saturated carbocycles. The molecule has 0 fully saturated rings. The van der Waals surface area contributed by atoms with Crippen LogP contribution in [0.4, 0.5) is 0 Å². The van der Waals surface area contributed by atoms with Gasteiger partial charge >= 0.3 is 5.97 Å². The summed E-state index contributed by atoms with van der Waals surface area (Å²) in [5.41, 5.74) is 1.25. The van der Waals surface area contributed by atoms with Crippen molar-refractivity contribution in [1.29, 1.82) is 0 Å². The lowest BCUT2D eigenvalue weighted by atomic mass is 10.2. The van der Waals surface area contributed by atoms with Crippen LogP contribution in [0.2, 0.25) is 0 Å². The highest BCUT2D eigenvalue weighted by molar-refractivity contribution is 5.92. The fraction of sp³-hybridized carbons (Fsp3) is 0.333. The van der Waals surface area contributed by atoms with Crippen LogP contribution in [0.1, 0.15) is 17.3 Å². The third-order valence-electron chi connectivity index (χ3n) is 2.95. The highest BCUT2D eigenvalue weighted by Crippen LogP contribution is 2.13. The molecule has 0 spiro atoms. The van der Waals surface area contributed by atoms with Crippen molar-refractivity contribution < 1.29 is 14.7 Å². The minimum atomic E-state index is -1.02. The summed E-state index contributed by atoms with van der Waals surface area (Å²) in [5, 5.41) is 16.7. The van der Waals surface area contributed by atoms with E-state index < -0.39 is 5.97 Å². The summed E-state index contributed by atoms with van der Waals surface area (Å²) in [6.07, 6.45) is 0. The van der Waals surface area contributed by atoms with Crippen LogP contribution in [-0.4, -0.2) is 50.5 Å². The van der Waals surface area contributed by atoms with Gasteiger partial charge in [-0.15, -0.1) is 5.10 Å². The number of nitrogens with zero attached hydrogens (tertiary/aromatic N) is 4. The Morgan fingerprint density at radius 3 is 2.79 bits per heavy atom. The molecule has 1 N–H and O–H groups in total. The first kappa shape index (κ1) is 13.0. The van der Waals surface area contributed by atoms with E-state index in [2.05, 4.69) is 10.3 Å². The molecule has 2 rings (SSSR count). The molecule has 1 heterocycles. The largest absolute Gasteiger partial charge is 0.478 e. The summed E-state index contributed by atoms with van der Waals surface area (Å²) in [7, 11) is 1.70. The molecule has 0 aliphatic heterocycles. The number of aromatic nitrogens is 3. The summed E-state index contributed by atoms with van der Waals surface area (Å²) in [6, 6.07) is 4.51. The Morgan fingerprint density at radius 2 is 2.16 bits per heavy atom. The van der Waals surface area contributed by atoms with Gasteiger partial charge in [0, 0.05) is 13.6 Å². The number of likely N-dealkylation sites (N-methyl/N-ethyl adjacent to an activating group) is 1. The molecule has 0 aliphatic rings. The number of benzene rings is 1. The van der Waals surface area contributed by atoms with Crippen molar-refractivity contribution in [3.63, 3.8) is 0 Å². The van der Waals surface area contributed by atoms with E-state index in [1.807, 2.05) is 6.92 Å². The number of aromatic carboxylic acids is 1. The van der Waals surface area contributed by atoms with Gasteiger partial charge in [0.2, 0.25) is 5.91 Å². The highest BCUT2D eigenvalue weighted by Gasteiger charge is 2.13. The van der Waals surface area contributed by atoms with Gasteiger partial charge in [-0.1, -0.05) is 5.21 Å². The number of fused-ring (bicyclic) bond motifs is 1. The number of amides is 1. The molecule has 1 amide bonds. The quantitative estimate of drug-likeness (QED) is 0.872. The minimum Gasteiger partial charge on any atom is -0.478 e. The van der Waals surface area contributed by atoms with E-state index in [4.69, 9.17) is 5.11 Å². The van der Waals surface area contributed by atoms with Crippen molar-refractivity contribution in [2.45, 2.75) is 13.5 Å². The SMILES string of the molecule is CCN(C)C(=O)Cn1nnc2ccc(C(=O)O)cc21. The second-order valence-electron chi connectivity index (χ2n) is 4.16. The lowest BCUT2D eigenvalue weighted by Crippen LogP contribution is -2.30. The molecule has 1 aromatic heterocycles. The van der Waals surface area contributed by atoms with E-state index in [0.717, 1.165) is 0 Å². The van der Waals surface area contributed by atoms with Gasteiger partial charge in [-0.25, -0.2) is 9.48 Å². The molecule has 0 radical (unpaired) electrons. The van der Waals surface area contributed by atoms with Gasteiger partial charge < -0.3 is 10.0 Å². The molecule has 7 heteroatoms. The third kappa shape index (κ3) is 2.54. The van der Waals surface area contributed by atoms with Crippen LogP contribution in [0.25, 0.3) is 11.0 Å². The molecule has 0 saturated heterocycles. The van der Waals surface area contributed by atoms with Crippen LogP contribution in [0.3, 0.4) is 0 Å². The first-order valence-corrected chi connectivity index (χ1v) is 5.83. The maximum absolute atomic E-state index is 11.8. The fourth-order valence-corrected chi connectivity index (χ4v) is 1.64. The number of carbonyl (C=O) groups is 2. The van der Waals surface area contributed by atoms with Gasteiger partial charge in [0.05, 0.1) is 11.1 Å². The lowest BCUT2D eigenvalue weighted by molar-refractivity contribution is -0.130. The second-order valence-corrected chi connectivity index (χ2v) is 4.16. The first-order valence-electron chi connectivity index (χ1n) is 5.83. The Labute approximate surface area is 109 Å². The molecule has 2 aromatic rings. The van der Waals surface area contributed by atoms with Gasteiger partial charge in [0.15, 0.2) is 0 Å². The van der Waals surface area contributed by atoms with Gasteiger partial charge in [-0.2, -0.15) is 0 Å². The number of carboxylic acids is 1. The van der Waals surface area contributed by atoms with Crippen molar-refractivity contribution in [1.82, 2.24) is 19.9 Å². The Morgan fingerprint density at radius 1 is 1.42 bits per heavy atom. The number of carboxylic acid groups (broad SMARTS) is 1. The molecular weight excluding hydrogens is 248 g/mol. The van der Waals surface area contributed by atoms with E-state index in [9.17, 15) is 9.59 Å². The zero-order valence-electron chi connectivity index (χ0n) is 10.7. The first-order chi connectivity index (χ1) is 9.02. The van der Waals surface area contributed by atoms with Crippen molar-refractivity contribution >= 4 is 22.9 Å². The van der Waals surface area contributed by atoms with E-state index in [0.29, 0.717) is 17.6 Å². The summed E-state index contributed by atoms with van der Waals surface area (Å²) < 4.78 is 1.41. The molecule has 7 nitrogen and oxygen atoms in total. The predicted octanol–water partition coefficient (Wildman–Crippen LogP) is 0.608. The van der Waals surface area contributed by atoms with Crippen molar-refractivity contribution in [3.8, 4) is 0 Å². The van der Waals surface area contributed by atoms with Crippen LogP contribution in [0.5, 0.6) is 0 Å². The molecule has 0 aliphatic carbocycles. The zero-order chi connectivity index (χ0) is 14.0. The molecular formula is C12H14N4O3. The van der Waals surface area contributed by atoms with Gasteiger partial charge in [0.25, 0.3) is 0 Å². The maximum Gasteiger partial charge on any atom is 0.335 e. The second kappa shape index (κ2) is 5.05. The van der Waals surface area contributed by atoms with E-state index in [1.54, 1.807) is 18.0 Å². The van der Waals surface area contributed by atoms with Crippen LogP contribution in [-0.2, 0) is 11.3 Å². The van der Waals surface area contributed by atoms with Crippen molar-refractivity contribution in [3.05, 3.63) is 23.8 Å². The summed E-state index contributed by atoms with van der Waals surface area (Å²) in [5.74, 6) is -1.12. The molecule has 19 heavy (non-hydrogen) atoms. The Balaban J connectivity index is 2.36. The third-order valence-corrected chi connectivity index (χ3v) is 2.95. The normalized spacial score (nSPS) is 10.6. The molecule has 100 valence electrons. The summed E-state index contributed by atoms with van der Waals surface area (Å²) in [6.45, 7) is 2.52. The van der Waals surface area contributed by atoms with Crippen molar-refractivity contribution in [2.24, 2.45) is 0 Å². The Hall–Kier alpha value is -2.44. The fourth-order valence-electron chi connectivity index (χ4n) is 1.64. The van der Waals surface area contributed by atoms with E-state index >= 15 is 0 Å². The smallest absolute Gasteiger partial charge is 0.335 e. The number of hydrogen-bond acceptors (Lipinski definition) is 4. The number of rotatable bonds is 4. The summed E-state index contributed by atoms with van der Waals surface area (Å²) >= 11 is 0. The number of carbonyl (C=O) groups excluding carboxylic acids is 1. The zero-order valence-corrected chi connectivity index (χ0v) is 10.7. The standard InChI is InChI=1S/C12H14N4O3/c1-3-15(2)11(17)7-16-10-6-8(12(18)19)4-5-9(10)13-14-16/h4-6H,3,7H2,1-2H3,(H,18,19). The van der Waals surface area contributed by atoms with Crippen LogP contribution in [0, 0.1) is 0 Å². The van der Waals surface area contributed by atoms with Crippen LogP contribution in [0.15, 0.2) is 18.2 Å². The minimum absolute atomic E-state index is 0.0455. The van der Waals surface area contributed by atoms with Gasteiger partial charge in [0.1, 0.15) is 12.1 Å². The average Bonchev–Trinajstić information content (AvgIpc) is 2.80. The van der Waals surface area contributed by atoms with Crippen molar-refractivity contribution in [2.75, 3.05) is 13.6 Å². The molecule has 1 aromatic carbocycles. The highest BCUT2D eigenvalue weighted by atomic mass is 16.4. The molecule has 0 bridgehead atoms. The average molecular weight is 262 g/mol. The predicted molar refractivity (Wildman–Crippen MR) is 67.8 cm³/mol. The van der Waals surface area contributed by atoms with Crippen LogP contribution < -0.4 is 0 Å². The Kier molecular flexibility index (Phi) is 3.46. The van der Waals surface area contributed by atoms with Gasteiger partial charge in [-0.05, 0) is 25.1 Å². The maximum atomic E-state index is 11.8. The topological polar surface area (TPSA) is 88.3 Å². The lowest BCUT2D eigenvalue weighted by Gasteiger charge is -2.14.